The van der Waals surface area contributed by atoms with Crippen LogP contribution in [-0.4, -0.2) is 14.5 Å². The molecular weight excluding hydrogens is 329 g/mol. The highest BCUT2D eigenvalue weighted by atomic mass is 19.1. The van der Waals surface area contributed by atoms with Gasteiger partial charge in [-0.05, 0) is 37.3 Å². The van der Waals surface area contributed by atoms with Crippen molar-refractivity contribution in [3.05, 3.63) is 78.7 Å². The van der Waals surface area contributed by atoms with Crippen molar-refractivity contribution in [3.63, 3.8) is 0 Å². The van der Waals surface area contributed by atoms with Gasteiger partial charge < -0.3 is 8.98 Å². The quantitative estimate of drug-likeness (QED) is 0.438. The Labute approximate surface area is 148 Å². The average molecular weight is 343 g/mol. The third-order valence-corrected chi connectivity index (χ3v) is 4.51. The monoisotopic (exact) mass is 343 g/mol. The first kappa shape index (κ1) is 14.8. The van der Waals surface area contributed by atoms with Crippen LogP contribution in [0, 0.1) is 12.7 Å². The topological polar surface area (TPSA) is 43.9 Å². The normalized spacial score (nSPS) is 11.5. The Bertz CT molecular complexity index is 1270. The van der Waals surface area contributed by atoms with E-state index in [-0.39, 0.29) is 5.69 Å². The van der Waals surface area contributed by atoms with E-state index in [1.165, 1.54) is 0 Å². The molecule has 0 amide bonds. The molecule has 5 aromatic rings. The Kier molecular flexibility index (Phi) is 3.15. The van der Waals surface area contributed by atoms with Crippen LogP contribution in [0.3, 0.4) is 0 Å². The summed E-state index contributed by atoms with van der Waals surface area (Å²) in [5.74, 6) is 0.728. The zero-order valence-corrected chi connectivity index (χ0v) is 14.0. The number of rotatable bonds is 2. The molecule has 5 rings (SSSR count). The molecule has 4 aromatic heterocycles. The zero-order chi connectivity index (χ0) is 17.7. The van der Waals surface area contributed by atoms with Crippen LogP contribution in [0.5, 0.6) is 0 Å². The third kappa shape index (κ3) is 2.14. The average Bonchev–Trinajstić information content (AvgIpc) is 3.28. The SMILES string of the molecule is Cc1ccc(-c2nc3ccccc3c(-n3ccc4cnccc43)c2F)o1. The molecule has 0 bridgehead atoms. The fraction of sp³-hybridized carbons (Fsp3) is 0.0476. The highest BCUT2D eigenvalue weighted by Crippen LogP contribution is 2.34. The van der Waals surface area contributed by atoms with Crippen LogP contribution in [0.1, 0.15) is 5.76 Å². The van der Waals surface area contributed by atoms with E-state index >= 15 is 4.39 Å². The lowest BCUT2D eigenvalue weighted by Crippen LogP contribution is -2.02. The number of benzene rings is 1. The molecule has 0 saturated carbocycles. The molecule has 0 aliphatic heterocycles. The van der Waals surface area contributed by atoms with E-state index in [9.17, 15) is 0 Å². The van der Waals surface area contributed by atoms with Crippen molar-refractivity contribution in [1.82, 2.24) is 14.5 Å². The number of aromatic nitrogens is 3. The summed E-state index contributed by atoms with van der Waals surface area (Å²) in [5.41, 5.74) is 2.27. The van der Waals surface area contributed by atoms with Gasteiger partial charge in [0.05, 0.1) is 16.7 Å². The maximum absolute atomic E-state index is 15.6. The molecule has 5 heteroatoms. The van der Waals surface area contributed by atoms with Gasteiger partial charge in [0.15, 0.2) is 11.6 Å². The third-order valence-electron chi connectivity index (χ3n) is 4.51. The van der Waals surface area contributed by atoms with Crippen molar-refractivity contribution in [3.8, 4) is 17.1 Å². The van der Waals surface area contributed by atoms with Crippen molar-refractivity contribution in [2.75, 3.05) is 0 Å². The molecule has 0 N–H and O–H groups in total. The van der Waals surface area contributed by atoms with Crippen LogP contribution in [0.25, 0.3) is 38.9 Å². The zero-order valence-electron chi connectivity index (χ0n) is 14.0. The number of furan rings is 1. The highest BCUT2D eigenvalue weighted by molar-refractivity contribution is 5.93. The van der Waals surface area contributed by atoms with Gasteiger partial charge in [0, 0.05) is 29.4 Å². The molecule has 4 nitrogen and oxygen atoms in total. The van der Waals surface area contributed by atoms with Crippen molar-refractivity contribution in [2.24, 2.45) is 0 Å². The van der Waals surface area contributed by atoms with Crippen molar-refractivity contribution in [1.29, 1.82) is 0 Å². The summed E-state index contributed by atoms with van der Waals surface area (Å²) < 4.78 is 23.1. The predicted molar refractivity (Wildman–Crippen MR) is 98.8 cm³/mol. The van der Waals surface area contributed by atoms with Crippen molar-refractivity contribution in [2.45, 2.75) is 6.92 Å². The number of aryl methyl sites for hydroxylation is 1. The Morgan fingerprint density at radius 3 is 2.77 bits per heavy atom. The lowest BCUT2D eigenvalue weighted by molar-refractivity contribution is 0.537. The van der Waals surface area contributed by atoms with Gasteiger partial charge in [-0.2, -0.15) is 0 Å². The molecule has 0 aliphatic rings. The van der Waals surface area contributed by atoms with Crippen LogP contribution in [0.15, 0.2) is 71.5 Å². The molecular formula is C21H14FN3O. The van der Waals surface area contributed by atoms with Gasteiger partial charge in [0.1, 0.15) is 11.5 Å². The van der Waals surface area contributed by atoms with Crippen molar-refractivity contribution >= 4 is 21.8 Å². The van der Waals surface area contributed by atoms with Crippen LogP contribution in [0.2, 0.25) is 0 Å². The molecule has 0 saturated heterocycles. The first-order valence-electron chi connectivity index (χ1n) is 8.29. The summed E-state index contributed by atoms with van der Waals surface area (Å²) >= 11 is 0. The summed E-state index contributed by atoms with van der Waals surface area (Å²) in [7, 11) is 0. The number of halogens is 1. The minimum atomic E-state index is -0.410. The fourth-order valence-corrected chi connectivity index (χ4v) is 3.31. The van der Waals surface area contributed by atoms with Crippen molar-refractivity contribution < 1.29 is 8.81 Å². The molecule has 0 atom stereocenters. The second-order valence-electron chi connectivity index (χ2n) is 6.17. The van der Waals surface area contributed by atoms with E-state index in [4.69, 9.17) is 4.42 Å². The number of nitrogens with zero attached hydrogens (tertiary/aromatic N) is 3. The van der Waals surface area contributed by atoms with E-state index in [0.717, 1.165) is 16.3 Å². The molecule has 0 unspecified atom stereocenters. The summed E-state index contributed by atoms with van der Waals surface area (Å²) in [6.07, 6.45) is 5.33. The fourth-order valence-electron chi connectivity index (χ4n) is 3.31. The van der Waals surface area contributed by atoms with Crippen LogP contribution >= 0.6 is 0 Å². The van der Waals surface area contributed by atoms with Gasteiger partial charge in [-0.25, -0.2) is 9.37 Å². The highest BCUT2D eigenvalue weighted by Gasteiger charge is 2.20. The molecule has 0 spiro atoms. The first-order chi connectivity index (χ1) is 12.7. The lowest BCUT2D eigenvalue weighted by atomic mass is 10.1. The van der Waals surface area contributed by atoms with E-state index in [2.05, 4.69) is 9.97 Å². The second kappa shape index (κ2) is 5.52. The van der Waals surface area contributed by atoms with Gasteiger partial charge in [-0.15, -0.1) is 0 Å². The molecule has 4 heterocycles. The summed E-state index contributed by atoms with van der Waals surface area (Å²) in [6.45, 7) is 1.83. The Hall–Kier alpha value is -3.47. The number of fused-ring (bicyclic) bond motifs is 2. The molecule has 126 valence electrons. The van der Waals surface area contributed by atoms with E-state index in [1.54, 1.807) is 18.5 Å². The Morgan fingerprint density at radius 1 is 1.04 bits per heavy atom. The maximum atomic E-state index is 15.6. The minimum absolute atomic E-state index is 0.211. The van der Waals surface area contributed by atoms with Crippen LogP contribution in [-0.2, 0) is 0 Å². The number of hydrogen-bond acceptors (Lipinski definition) is 3. The summed E-state index contributed by atoms with van der Waals surface area (Å²) in [5, 5.41) is 1.69. The van der Waals surface area contributed by atoms with Gasteiger partial charge in [-0.3, -0.25) is 4.98 Å². The van der Waals surface area contributed by atoms with E-state index < -0.39 is 5.82 Å². The Balaban J connectivity index is 1.90. The molecule has 0 aliphatic carbocycles. The standard InChI is InChI=1S/C21H14FN3O/c1-13-6-7-18(26-13)20-19(22)21(15-4-2-3-5-16(15)24-20)25-11-9-14-12-23-10-8-17(14)25/h2-12H,1H3. The number of para-hydroxylation sites is 1. The van der Waals surface area contributed by atoms with E-state index in [1.807, 2.05) is 60.2 Å². The lowest BCUT2D eigenvalue weighted by Gasteiger charge is -2.13. The molecule has 26 heavy (non-hydrogen) atoms. The smallest absolute Gasteiger partial charge is 0.177 e. The molecule has 0 fully saturated rings. The second-order valence-corrected chi connectivity index (χ2v) is 6.17. The van der Waals surface area contributed by atoms with Gasteiger partial charge in [-0.1, -0.05) is 18.2 Å². The summed E-state index contributed by atoms with van der Waals surface area (Å²) in [4.78, 5) is 8.65. The van der Waals surface area contributed by atoms with Gasteiger partial charge in [0.2, 0.25) is 0 Å². The molecule has 0 radical (unpaired) electrons. The maximum Gasteiger partial charge on any atom is 0.177 e. The Morgan fingerprint density at radius 2 is 1.92 bits per heavy atom. The van der Waals surface area contributed by atoms with Crippen LogP contribution < -0.4 is 0 Å². The van der Waals surface area contributed by atoms with Gasteiger partial charge in [0.25, 0.3) is 0 Å². The minimum Gasteiger partial charge on any atom is -0.460 e. The first-order valence-corrected chi connectivity index (χ1v) is 8.29. The summed E-state index contributed by atoms with van der Waals surface area (Å²) in [6, 6.07) is 14.9. The largest absolute Gasteiger partial charge is 0.460 e. The van der Waals surface area contributed by atoms with Crippen LogP contribution in [0.4, 0.5) is 4.39 Å². The van der Waals surface area contributed by atoms with E-state index in [0.29, 0.717) is 22.7 Å². The number of hydrogen-bond donors (Lipinski definition) is 0. The number of pyridine rings is 2. The van der Waals surface area contributed by atoms with Gasteiger partial charge >= 0.3 is 0 Å². The molecule has 1 aromatic carbocycles. The predicted octanol–water partition coefficient (Wildman–Crippen LogP) is 5.28.